The van der Waals surface area contributed by atoms with Crippen LogP contribution in [0.5, 0.6) is 0 Å². The van der Waals surface area contributed by atoms with E-state index >= 15 is 0 Å². The fourth-order valence-electron chi connectivity index (χ4n) is 3.62. The van der Waals surface area contributed by atoms with Crippen molar-refractivity contribution >= 4 is 5.91 Å². The summed E-state index contributed by atoms with van der Waals surface area (Å²) in [7, 11) is 0. The Morgan fingerprint density at radius 3 is 2.43 bits per heavy atom. The van der Waals surface area contributed by atoms with Crippen molar-refractivity contribution in [2.24, 2.45) is 11.8 Å². The zero-order valence-electron chi connectivity index (χ0n) is 14.1. The minimum Gasteiger partial charge on any atom is -0.332 e. The molecule has 0 radical (unpaired) electrons. The molecule has 0 aromatic heterocycles. The van der Waals surface area contributed by atoms with Gasteiger partial charge in [-0.2, -0.15) is 0 Å². The van der Waals surface area contributed by atoms with Crippen LogP contribution < -0.4 is 0 Å². The number of nitrogens with zero attached hydrogens (tertiary/aromatic N) is 2. The molecule has 3 atom stereocenters. The molecule has 0 bridgehead atoms. The summed E-state index contributed by atoms with van der Waals surface area (Å²) in [5.41, 5.74) is 0.984. The molecule has 126 valence electrons. The SMILES string of the molecule is CCCCN1C(=O)[C@@H](Cc2ccccc2)[C@H]([N+](=O)[O-])[C@H]1C(C)C. The van der Waals surface area contributed by atoms with Gasteiger partial charge in [0.05, 0.1) is 0 Å². The van der Waals surface area contributed by atoms with E-state index in [1.807, 2.05) is 44.2 Å². The van der Waals surface area contributed by atoms with Gasteiger partial charge in [0.25, 0.3) is 0 Å². The Labute approximate surface area is 137 Å². The molecule has 1 amide bonds. The third-order valence-corrected chi connectivity index (χ3v) is 4.70. The van der Waals surface area contributed by atoms with E-state index in [0.717, 1.165) is 18.4 Å². The molecule has 1 heterocycles. The number of nitro groups is 1. The van der Waals surface area contributed by atoms with Crippen LogP contribution in [0.25, 0.3) is 0 Å². The largest absolute Gasteiger partial charge is 0.332 e. The van der Waals surface area contributed by atoms with E-state index in [4.69, 9.17) is 0 Å². The highest BCUT2D eigenvalue weighted by atomic mass is 16.6. The summed E-state index contributed by atoms with van der Waals surface area (Å²) in [4.78, 5) is 26.1. The highest BCUT2D eigenvalue weighted by molar-refractivity contribution is 5.83. The van der Waals surface area contributed by atoms with Crippen molar-refractivity contribution in [2.45, 2.75) is 52.1 Å². The topological polar surface area (TPSA) is 63.5 Å². The Morgan fingerprint density at radius 1 is 1.26 bits per heavy atom. The smallest absolute Gasteiger partial charge is 0.245 e. The van der Waals surface area contributed by atoms with Crippen LogP contribution in [0.15, 0.2) is 30.3 Å². The molecule has 1 fully saturated rings. The monoisotopic (exact) mass is 318 g/mol. The van der Waals surface area contributed by atoms with Crippen LogP contribution in [0, 0.1) is 22.0 Å². The Balaban J connectivity index is 2.31. The molecule has 1 aromatic rings. The molecule has 5 heteroatoms. The minimum atomic E-state index is -0.820. The number of amides is 1. The number of likely N-dealkylation sites (tertiary alicyclic amines) is 1. The molecule has 2 rings (SSSR count). The highest BCUT2D eigenvalue weighted by Crippen LogP contribution is 2.34. The van der Waals surface area contributed by atoms with Crippen LogP contribution in [-0.4, -0.2) is 34.4 Å². The predicted molar refractivity (Wildman–Crippen MR) is 89.7 cm³/mol. The molecule has 0 spiro atoms. The van der Waals surface area contributed by atoms with Gasteiger partial charge in [0.15, 0.2) is 0 Å². The molecule has 1 aliphatic heterocycles. The summed E-state index contributed by atoms with van der Waals surface area (Å²) in [5.74, 6) is -0.536. The van der Waals surface area contributed by atoms with Crippen molar-refractivity contribution in [2.75, 3.05) is 6.54 Å². The molecular formula is C18H26N2O3. The quantitative estimate of drug-likeness (QED) is 0.573. The van der Waals surface area contributed by atoms with Gasteiger partial charge in [-0.05, 0) is 24.3 Å². The van der Waals surface area contributed by atoms with Gasteiger partial charge in [-0.3, -0.25) is 14.9 Å². The van der Waals surface area contributed by atoms with E-state index in [2.05, 4.69) is 6.92 Å². The van der Waals surface area contributed by atoms with Crippen molar-refractivity contribution in [3.63, 3.8) is 0 Å². The van der Waals surface area contributed by atoms with Gasteiger partial charge in [-0.15, -0.1) is 0 Å². The normalized spacial score (nSPS) is 24.4. The zero-order chi connectivity index (χ0) is 17.0. The third kappa shape index (κ3) is 3.71. The minimum absolute atomic E-state index is 0.0531. The summed E-state index contributed by atoms with van der Waals surface area (Å²) in [6, 6.07) is 8.47. The van der Waals surface area contributed by atoms with E-state index in [1.54, 1.807) is 4.90 Å². The lowest BCUT2D eigenvalue weighted by Gasteiger charge is -2.27. The Hall–Kier alpha value is -1.91. The average Bonchev–Trinajstić information content (AvgIpc) is 2.79. The Kier molecular flexibility index (Phi) is 5.74. The van der Waals surface area contributed by atoms with Crippen molar-refractivity contribution < 1.29 is 9.72 Å². The second kappa shape index (κ2) is 7.57. The van der Waals surface area contributed by atoms with Crippen LogP contribution in [0.1, 0.15) is 39.2 Å². The third-order valence-electron chi connectivity index (χ3n) is 4.70. The number of benzene rings is 1. The lowest BCUT2D eigenvalue weighted by Crippen LogP contribution is -2.44. The van der Waals surface area contributed by atoms with Gasteiger partial charge in [0.1, 0.15) is 12.0 Å². The predicted octanol–water partition coefficient (Wildman–Crippen LogP) is 3.16. The maximum Gasteiger partial charge on any atom is 0.245 e. The van der Waals surface area contributed by atoms with E-state index in [1.165, 1.54) is 0 Å². The van der Waals surface area contributed by atoms with Gasteiger partial charge >= 0.3 is 0 Å². The molecular weight excluding hydrogens is 292 g/mol. The number of hydrogen-bond acceptors (Lipinski definition) is 3. The van der Waals surface area contributed by atoms with Crippen LogP contribution in [0.4, 0.5) is 0 Å². The van der Waals surface area contributed by atoms with Gasteiger partial charge < -0.3 is 4.90 Å². The van der Waals surface area contributed by atoms with Gasteiger partial charge in [-0.25, -0.2) is 0 Å². The maximum absolute atomic E-state index is 12.9. The summed E-state index contributed by atoms with van der Waals surface area (Å²) < 4.78 is 0. The van der Waals surface area contributed by atoms with Crippen LogP contribution in [0.3, 0.4) is 0 Å². The fourth-order valence-corrected chi connectivity index (χ4v) is 3.62. The first kappa shape index (κ1) is 17.4. The number of carbonyl (C=O) groups is 1. The second-order valence-corrected chi connectivity index (χ2v) is 6.69. The van der Waals surface area contributed by atoms with E-state index in [0.29, 0.717) is 13.0 Å². The number of unbranched alkanes of at least 4 members (excludes halogenated alkanes) is 1. The molecule has 1 saturated heterocycles. The molecule has 1 aliphatic rings. The number of hydrogen-bond donors (Lipinski definition) is 0. The van der Waals surface area contributed by atoms with Crippen molar-refractivity contribution in [3.05, 3.63) is 46.0 Å². The number of carbonyl (C=O) groups excluding carboxylic acids is 1. The molecule has 0 N–H and O–H groups in total. The standard InChI is InChI=1S/C18H26N2O3/c1-4-5-11-19-16(13(2)3)17(20(22)23)15(18(19)21)12-14-9-7-6-8-10-14/h6-10,13,15-17H,4-5,11-12H2,1-3H3/t15-,16+,17-/m0/s1. The van der Waals surface area contributed by atoms with Crippen molar-refractivity contribution in [1.82, 2.24) is 4.90 Å². The summed E-state index contributed by atoms with van der Waals surface area (Å²) in [6.45, 7) is 6.63. The Morgan fingerprint density at radius 2 is 1.91 bits per heavy atom. The second-order valence-electron chi connectivity index (χ2n) is 6.69. The Bertz CT molecular complexity index is 544. The number of rotatable bonds is 7. The zero-order valence-corrected chi connectivity index (χ0v) is 14.1. The summed E-state index contributed by atoms with van der Waals surface area (Å²) in [6.07, 6.45) is 2.30. The van der Waals surface area contributed by atoms with E-state index in [-0.39, 0.29) is 22.8 Å². The first-order chi connectivity index (χ1) is 11.0. The first-order valence-corrected chi connectivity index (χ1v) is 8.45. The molecule has 1 aromatic carbocycles. The molecule has 23 heavy (non-hydrogen) atoms. The lowest BCUT2D eigenvalue weighted by atomic mass is 9.88. The first-order valence-electron chi connectivity index (χ1n) is 8.45. The van der Waals surface area contributed by atoms with Crippen LogP contribution >= 0.6 is 0 Å². The van der Waals surface area contributed by atoms with Crippen molar-refractivity contribution in [3.8, 4) is 0 Å². The fraction of sp³-hybridized carbons (Fsp3) is 0.611. The average molecular weight is 318 g/mol. The van der Waals surface area contributed by atoms with Gasteiger partial charge in [0.2, 0.25) is 11.9 Å². The molecule has 5 nitrogen and oxygen atoms in total. The van der Waals surface area contributed by atoms with Gasteiger partial charge in [0, 0.05) is 11.5 Å². The molecule has 0 aliphatic carbocycles. The molecule has 0 saturated carbocycles. The molecule has 0 unspecified atom stereocenters. The van der Waals surface area contributed by atoms with E-state index in [9.17, 15) is 14.9 Å². The van der Waals surface area contributed by atoms with E-state index < -0.39 is 12.0 Å². The highest BCUT2D eigenvalue weighted by Gasteiger charge is 2.55. The lowest BCUT2D eigenvalue weighted by molar-refractivity contribution is -0.533. The van der Waals surface area contributed by atoms with Crippen LogP contribution in [0.2, 0.25) is 0 Å². The summed E-state index contributed by atoms with van der Waals surface area (Å²) >= 11 is 0. The van der Waals surface area contributed by atoms with Crippen LogP contribution in [-0.2, 0) is 11.2 Å². The van der Waals surface area contributed by atoms with Gasteiger partial charge in [-0.1, -0.05) is 57.5 Å². The summed E-state index contributed by atoms with van der Waals surface area (Å²) in [5, 5.41) is 11.7. The maximum atomic E-state index is 12.9. The van der Waals surface area contributed by atoms with Crippen molar-refractivity contribution in [1.29, 1.82) is 0 Å².